The molecule has 0 spiro atoms. The van der Waals surface area contributed by atoms with Gasteiger partial charge in [0.05, 0.1) is 0 Å². The molecule has 0 radical (unpaired) electrons. The first-order valence-electron chi connectivity index (χ1n) is 4.47. The number of hydrogen-bond acceptors (Lipinski definition) is 1. The number of rotatable bonds is 2. The van der Waals surface area contributed by atoms with Crippen molar-refractivity contribution in [2.75, 3.05) is 0 Å². The van der Waals surface area contributed by atoms with Crippen LogP contribution in [0.15, 0.2) is 30.3 Å². The van der Waals surface area contributed by atoms with Crippen LogP contribution in [0.4, 0.5) is 0 Å². The highest BCUT2D eigenvalue weighted by molar-refractivity contribution is 6.13. The van der Waals surface area contributed by atoms with Crippen LogP contribution in [0.1, 0.15) is 26.3 Å². The Kier molecular flexibility index (Phi) is 3.34. The Morgan fingerprint density at radius 3 is 2.15 bits per heavy atom. The Labute approximate surface area is 85.4 Å². The summed E-state index contributed by atoms with van der Waals surface area (Å²) in [6.45, 7) is 7.08. The summed E-state index contributed by atoms with van der Waals surface area (Å²) in [5.41, 5.74) is 1.25. The van der Waals surface area contributed by atoms with Crippen LogP contribution in [0.25, 0.3) is 0 Å². The molecule has 0 unspecified atom stereocenters. The molecular weight excluding hydrogens is 182 g/mol. The second kappa shape index (κ2) is 4.12. The summed E-state index contributed by atoms with van der Waals surface area (Å²) in [5, 5.41) is 0. The molecule has 0 heterocycles. The van der Waals surface area contributed by atoms with Crippen LogP contribution in [0.2, 0.25) is 0 Å². The highest BCUT2D eigenvalue weighted by Crippen LogP contribution is 2.19. The molecule has 0 aliphatic rings. The standard InChI is InChI=1S/C11H16ClN/c1-11(2,3)13(12)9-10-7-5-4-6-8-10/h4-8H,9H2,1-3H3. The maximum atomic E-state index is 6.12. The summed E-state index contributed by atoms with van der Waals surface area (Å²) < 4.78 is 1.82. The van der Waals surface area contributed by atoms with Crippen LogP contribution in [-0.2, 0) is 6.54 Å². The molecule has 0 N–H and O–H groups in total. The molecule has 1 nitrogen and oxygen atoms in total. The molecule has 0 aromatic heterocycles. The highest BCUT2D eigenvalue weighted by Gasteiger charge is 2.18. The maximum absolute atomic E-state index is 6.12. The second-order valence-electron chi connectivity index (χ2n) is 4.18. The molecule has 72 valence electrons. The van der Waals surface area contributed by atoms with E-state index in [-0.39, 0.29) is 5.54 Å². The zero-order valence-electron chi connectivity index (χ0n) is 8.42. The molecule has 2 heteroatoms. The summed E-state index contributed by atoms with van der Waals surface area (Å²) in [4.78, 5) is 0. The zero-order valence-corrected chi connectivity index (χ0v) is 9.17. The molecule has 1 rings (SSSR count). The fourth-order valence-corrected chi connectivity index (χ4v) is 1.12. The van der Waals surface area contributed by atoms with Crippen LogP contribution in [0.5, 0.6) is 0 Å². The molecule has 13 heavy (non-hydrogen) atoms. The lowest BCUT2D eigenvalue weighted by Gasteiger charge is -2.28. The maximum Gasteiger partial charge on any atom is 0.0395 e. The summed E-state index contributed by atoms with van der Waals surface area (Å²) in [6.07, 6.45) is 0. The van der Waals surface area contributed by atoms with Crippen molar-refractivity contribution in [2.45, 2.75) is 32.9 Å². The van der Waals surface area contributed by atoms with Crippen molar-refractivity contribution in [1.82, 2.24) is 4.42 Å². The minimum atomic E-state index is 0.0113. The average Bonchev–Trinajstić information content (AvgIpc) is 2.04. The van der Waals surface area contributed by atoms with Gasteiger partial charge in [0.15, 0.2) is 0 Å². The Balaban J connectivity index is 2.61. The van der Waals surface area contributed by atoms with Gasteiger partial charge in [-0.05, 0) is 38.1 Å². The molecule has 0 bridgehead atoms. The minimum Gasteiger partial charge on any atom is -0.210 e. The highest BCUT2D eigenvalue weighted by atomic mass is 35.5. The molecule has 0 fully saturated rings. The van der Waals surface area contributed by atoms with E-state index in [1.54, 1.807) is 0 Å². The van der Waals surface area contributed by atoms with E-state index in [0.717, 1.165) is 6.54 Å². The fourth-order valence-electron chi connectivity index (χ4n) is 0.981. The topological polar surface area (TPSA) is 3.24 Å². The Hall–Kier alpha value is -0.530. The first-order chi connectivity index (χ1) is 6.00. The SMILES string of the molecule is CC(C)(C)N(Cl)Cc1ccccc1. The number of benzene rings is 1. The number of hydrogen-bond donors (Lipinski definition) is 0. The molecule has 0 atom stereocenters. The van der Waals surface area contributed by atoms with E-state index in [1.807, 2.05) is 22.6 Å². The largest absolute Gasteiger partial charge is 0.210 e. The van der Waals surface area contributed by atoms with Crippen molar-refractivity contribution in [3.05, 3.63) is 35.9 Å². The van der Waals surface area contributed by atoms with Gasteiger partial charge < -0.3 is 0 Å². The van der Waals surface area contributed by atoms with E-state index in [4.69, 9.17) is 11.8 Å². The van der Waals surface area contributed by atoms with Gasteiger partial charge >= 0.3 is 0 Å². The van der Waals surface area contributed by atoms with Crippen molar-refractivity contribution in [2.24, 2.45) is 0 Å². The van der Waals surface area contributed by atoms with Gasteiger partial charge in [0.25, 0.3) is 0 Å². The second-order valence-corrected chi connectivity index (χ2v) is 4.58. The van der Waals surface area contributed by atoms with Crippen molar-refractivity contribution in [1.29, 1.82) is 0 Å². The quantitative estimate of drug-likeness (QED) is 0.657. The Morgan fingerprint density at radius 2 is 1.69 bits per heavy atom. The third-order valence-electron chi connectivity index (χ3n) is 1.89. The molecule has 0 saturated heterocycles. The van der Waals surface area contributed by atoms with Crippen molar-refractivity contribution in [3.63, 3.8) is 0 Å². The minimum absolute atomic E-state index is 0.0113. The predicted molar refractivity (Wildman–Crippen MR) is 57.6 cm³/mol. The summed E-state index contributed by atoms with van der Waals surface area (Å²) in [6, 6.07) is 10.2. The van der Waals surface area contributed by atoms with E-state index in [9.17, 15) is 0 Å². The lowest BCUT2D eigenvalue weighted by atomic mass is 10.1. The third-order valence-corrected chi connectivity index (χ3v) is 2.52. The predicted octanol–water partition coefficient (Wildman–Crippen LogP) is 3.44. The molecular formula is C11H16ClN. The van der Waals surface area contributed by atoms with Gasteiger partial charge in [-0.15, -0.1) is 0 Å². The van der Waals surface area contributed by atoms with Gasteiger partial charge in [-0.3, -0.25) is 0 Å². The van der Waals surface area contributed by atoms with E-state index in [1.165, 1.54) is 5.56 Å². The lowest BCUT2D eigenvalue weighted by molar-refractivity contribution is 0.255. The first kappa shape index (κ1) is 10.6. The van der Waals surface area contributed by atoms with E-state index < -0.39 is 0 Å². The van der Waals surface area contributed by atoms with Crippen LogP contribution >= 0.6 is 11.8 Å². The molecule has 0 amide bonds. The van der Waals surface area contributed by atoms with Crippen molar-refractivity contribution < 1.29 is 0 Å². The normalized spacial score (nSPS) is 12.1. The van der Waals surface area contributed by atoms with Crippen LogP contribution in [0.3, 0.4) is 0 Å². The van der Waals surface area contributed by atoms with E-state index >= 15 is 0 Å². The average molecular weight is 198 g/mol. The van der Waals surface area contributed by atoms with Crippen molar-refractivity contribution in [3.8, 4) is 0 Å². The Bertz CT molecular complexity index is 251. The van der Waals surface area contributed by atoms with E-state index in [0.29, 0.717) is 0 Å². The number of nitrogens with zero attached hydrogens (tertiary/aromatic N) is 1. The third kappa shape index (κ3) is 3.37. The summed E-state index contributed by atoms with van der Waals surface area (Å²) in [5.74, 6) is 0. The summed E-state index contributed by atoms with van der Waals surface area (Å²) >= 11 is 6.12. The van der Waals surface area contributed by atoms with Gasteiger partial charge in [0.1, 0.15) is 0 Å². The van der Waals surface area contributed by atoms with Gasteiger partial charge in [-0.25, -0.2) is 4.42 Å². The zero-order chi connectivity index (χ0) is 9.90. The fraction of sp³-hybridized carbons (Fsp3) is 0.455. The van der Waals surface area contributed by atoms with Crippen LogP contribution in [-0.4, -0.2) is 9.96 Å². The first-order valence-corrected chi connectivity index (χ1v) is 4.81. The van der Waals surface area contributed by atoms with Crippen LogP contribution < -0.4 is 0 Å². The van der Waals surface area contributed by atoms with Gasteiger partial charge in [-0.2, -0.15) is 0 Å². The van der Waals surface area contributed by atoms with Crippen LogP contribution in [0, 0.1) is 0 Å². The molecule has 1 aromatic carbocycles. The van der Waals surface area contributed by atoms with Crippen molar-refractivity contribution >= 4 is 11.8 Å². The van der Waals surface area contributed by atoms with Gasteiger partial charge in [0, 0.05) is 12.1 Å². The molecule has 0 aliphatic carbocycles. The monoisotopic (exact) mass is 197 g/mol. The summed E-state index contributed by atoms with van der Waals surface area (Å²) in [7, 11) is 0. The number of halogens is 1. The Morgan fingerprint density at radius 1 is 1.15 bits per heavy atom. The van der Waals surface area contributed by atoms with Gasteiger partial charge in [0.2, 0.25) is 0 Å². The molecule has 1 aromatic rings. The molecule has 0 saturated carbocycles. The van der Waals surface area contributed by atoms with Gasteiger partial charge in [-0.1, -0.05) is 30.3 Å². The lowest BCUT2D eigenvalue weighted by Crippen LogP contribution is -2.33. The smallest absolute Gasteiger partial charge is 0.0395 e. The van der Waals surface area contributed by atoms with E-state index in [2.05, 4.69) is 32.9 Å². The molecule has 0 aliphatic heterocycles.